The smallest absolute Gasteiger partial charge is 0.293 e. The molecule has 28 heavy (non-hydrogen) atoms. The molecule has 0 spiro atoms. The Bertz CT molecular complexity index is 1150. The zero-order valence-electron chi connectivity index (χ0n) is 15.2. The molecule has 8 heteroatoms. The number of nitrogens with zero attached hydrogens (tertiary/aromatic N) is 2. The Morgan fingerprint density at radius 3 is 2.75 bits per heavy atom. The van der Waals surface area contributed by atoms with E-state index in [1.165, 1.54) is 11.3 Å². The summed E-state index contributed by atoms with van der Waals surface area (Å²) in [6, 6.07) is 13.6. The van der Waals surface area contributed by atoms with E-state index in [1.807, 2.05) is 56.3 Å². The van der Waals surface area contributed by atoms with E-state index < -0.39 is 0 Å². The lowest BCUT2D eigenvalue weighted by atomic mass is 10.1. The zero-order chi connectivity index (χ0) is 19.7. The number of anilines is 1. The van der Waals surface area contributed by atoms with Crippen molar-refractivity contribution in [1.82, 2.24) is 10.2 Å². The minimum absolute atomic E-state index is 0.297. The molecule has 0 aliphatic rings. The first kappa shape index (κ1) is 19.0. The number of aromatic nitrogens is 2. The van der Waals surface area contributed by atoms with E-state index in [-0.39, 0.29) is 5.91 Å². The van der Waals surface area contributed by atoms with Crippen molar-refractivity contribution in [1.29, 1.82) is 0 Å². The summed E-state index contributed by atoms with van der Waals surface area (Å²) in [6.45, 7) is 3.87. The number of fused-ring (bicyclic) bond motifs is 1. The number of benzene rings is 2. The molecule has 0 atom stereocenters. The molecule has 4 rings (SSSR count). The molecular formula is C20H16ClN3O2S2. The van der Waals surface area contributed by atoms with Crippen molar-refractivity contribution in [3.8, 4) is 0 Å². The molecule has 1 amide bonds. The quantitative estimate of drug-likeness (QED) is 0.306. The van der Waals surface area contributed by atoms with Gasteiger partial charge in [0.2, 0.25) is 5.13 Å². The fourth-order valence-corrected chi connectivity index (χ4v) is 4.58. The third kappa shape index (κ3) is 4.06. The number of rotatable bonds is 5. The van der Waals surface area contributed by atoms with Gasteiger partial charge < -0.3 is 4.42 Å². The molecule has 4 aromatic rings. The maximum atomic E-state index is 12.6. The molecule has 0 bridgehead atoms. The Hall–Kier alpha value is -2.35. The highest BCUT2D eigenvalue weighted by Gasteiger charge is 2.19. The standard InChI is InChI=1S/C20H16ClN3O2S2/c1-11-3-8-15-12(2)17(26-16(15)9-11)18(25)22-19-23-24-20(28-19)27-10-13-4-6-14(21)7-5-13/h3-9H,10H2,1-2H3,(H,22,23,25). The van der Waals surface area contributed by atoms with E-state index in [0.29, 0.717) is 21.5 Å². The van der Waals surface area contributed by atoms with E-state index in [2.05, 4.69) is 15.5 Å². The Kier molecular flexibility index (Phi) is 5.39. The summed E-state index contributed by atoms with van der Waals surface area (Å²) in [4.78, 5) is 12.6. The lowest BCUT2D eigenvalue weighted by molar-refractivity contribution is 0.0998. The van der Waals surface area contributed by atoms with Gasteiger partial charge in [-0.05, 0) is 43.2 Å². The molecule has 5 nitrogen and oxygen atoms in total. The molecule has 1 N–H and O–H groups in total. The SMILES string of the molecule is Cc1ccc2c(C)c(C(=O)Nc3nnc(SCc4ccc(Cl)cc4)s3)oc2c1. The summed E-state index contributed by atoms with van der Waals surface area (Å²) >= 11 is 8.79. The van der Waals surface area contributed by atoms with Crippen LogP contribution < -0.4 is 5.32 Å². The molecule has 0 aliphatic carbocycles. The van der Waals surface area contributed by atoms with Gasteiger partial charge in [-0.2, -0.15) is 0 Å². The number of nitrogens with one attached hydrogen (secondary N) is 1. The van der Waals surface area contributed by atoms with Gasteiger partial charge in [0.25, 0.3) is 5.91 Å². The van der Waals surface area contributed by atoms with Crippen molar-refractivity contribution in [2.24, 2.45) is 0 Å². The van der Waals surface area contributed by atoms with Crippen molar-refractivity contribution >= 4 is 56.7 Å². The fourth-order valence-electron chi connectivity index (χ4n) is 2.75. The summed E-state index contributed by atoms with van der Waals surface area (Å²) in [7, 11) is 0. The van der Waals surface area contributed by atoms with Crippen LogP contribution >= 0.6 is 34.7 Å². The summed E-state index contributed by atoms with van der Waals surface area (Å²) in [6.07, 6.45) is 0. The second-order valence-corrected chi connectivity index (χ2v) is 8.93. The zero-order valence-corrected chi connectivity index (χ0v) is 17.5. The third-order valence-electron chi connectivity index (χ3n) is 4.20. The number of carbonyl (C=O) groups is 1. The Balaban J connectivity index is 1.44. The molecule has 0 fully saturated rings. The van der Waals surface area contributed by atoms with E-state index in [0.717, 1.165) is 32.2 Å². The highest BCUT2D eigenvalue weighted by molar-refractivity contribution is 8.00. The normalized spacial score (nSPS) is 11.1. The molecule has 0 saturated carbocycles. The maximum Gasteiger partial charge on any atom is 0.293 e. The Labute approximate surface area is 175 Å². The van der Waals surface area contributed by atoms with Crippen LogP contribution in [0.2, 0.25) is 5.02 Å². The lowest BCUT2D eigenvalue weighted by Crippen LogP contribution is -2.11. The molecular weight excluding hydrogens is 414 g/mol. The number of aryl methyl sites for hydroxylation is 2. The highest BCUT2D eigenvalue weighted by atomic mass is 35.5. The predicted octanol–water partition coefficient (Wildman–Crippen LogP) is 6.10. The minimum atomic E-state index is -0.322. The molecule has 2 aromatic carbocycles. The van der Waals surface area contributed by atoms with Gasteiger partial charge in [0.1, 0.15) is 5.58 Å². The van der Waals surface area contributed by atoms with Crippen molar-refractivity contribution in [2.45, 2.75) is 23.9 Å². The number of amides is 1. The van der Waals surface area contributed by atoms with Gasteiger partial charge in [-0.15, -0.1) is 10.2 Å². The average molecular weight is 430 g/mol. The molecule has 2 aromatic heterocycles. The van der Waals surface area contributed by atoms with Crippen LogP contribution in [0.4, 0.5) is 5.13 Å². The van der Waals surface area contributed by atoms with Crippen molar-refractivity contribution in [3.05, 3.63) is 69.9 Å². The summed E-state index contributed by atoms with van der Waals surface area (Å²) < 4.78 is 6.54. The minimum Gasteiger partial charge on any atom is -0.451 e. The van der Waals surface area contributed by atoms with Gasteiger partial charge in [0.15, 0.2) is 10.1 Å². The first-order valence-electron chi connectivity index (χ1n) is 8.51. The van der Waals surface area contributed by atoms with Crippen LogP contribution in [0, 0.1) is 13.8 Å². The van der Waals surface area contributed by atoms with Crippen LogP contribution in [0.3, 0.4) is 0 Å². The first-order valence-corrected chi connectivity index (χ1v) is 10.7. The van der Waals surface area contributed by atoms with Crippen LogP contribution in [-0.4, -0.2) is 16.1 Å². The Morgan fingerprint density at radius 1 is 1.18 bits per heavy atom. The Morgan fingerprint density at radius 2 is 1.96 bits per heavy atom. The lowest BCUT2D eigenvalue weighted by Gasteiger charge is -1.99. The molecule has 142 valence electrons. The van der Waals surface area contributed by atoms with Gasteiger partial charge in [-0.1, -0.05) is 59.0 Å². The fraction of sp³-hybridized carbons (Fsp3) is 0.150. The van der Waals surface area contributed by atoms with Crippen LogP contribution in [-0.2, 0) is 5.75 Å². The van der Waals surface area contributed by atoms with E-state index in [4.69, 9.17) is 16.0 Å². The largest absolute Gasteiger partial charge is 0.451 e. The van der Waals surface area contributed by atoms with Crippen LogP contribution in [0.5, 0.6) is 0 Å². The van der Waals surface area contributed by atoms with Crippen LogP contribution in [0.15, 0.2) is 51.2 Å². The predicted molar refractivity (Wildman–Crippen MR) is 115 cm³/mol. The van der Waals surface area contributed by atoms with Gasteiger partial charge in [-0.25, -0.2) is 0 Å². The van der Waals surface area contributed by atoms with Gasteiger partial charge >= 0.3 is 0 Å². The van der Waals surface area contributed by atoms with E-state index in [9.17, 15) is 4.79 Å². The number of halogens is 1. The number of thioether (sulfide) groups is 1. The number of hydrogen-bond donors (Lipinski definition) is 1. The first-order chi connectivity index (χ1) is 13.5. The second kappa shape index (κ2) is 7.95. The monoisotopic (exact) mass is 429 g/mol. The maximum absolute atomic E-state index is 12.6. The van der Waals surface area contributed by atoms with Gasteiger partial charge in [0, 0.05) is 21.7 Å². The van der Waals surface area contributed by atoms with Gasteiger partial charge in [0.05, 0.1) is 0 Å². The number of hydrogen-bond acceptors (Lipinski definition) is 6. The van der Waals surface area contributed by atoms with Crippen LogP contribution in [0.1, 0.15) is 27.2 Å². The number of furan rings is 1. The van der Waals surface area contributed by atoms with Crippen molar-refractivity contribution in [2.75, 3.05) is 5.32 Å². The summed E-state index contributed by atoms with van der Waals surface area (Å²) in [5.41, 5.74) is 3.75. The third-order valence-corrected chi connectivity index (χ3v) is 6.50. The molecule has 2 heterocycles. The van der Waals surface area contributed by atoms with E-state index in [1.54, 1.807) is 11.8 Å². The summed E-state index contributed by atoms with van der Waals surface area (Å²) in [5, 5.41) is 13.1. The topological polar surface area (TPSA) is 68.0 Å². The van der Waals surface area contributed by atoms with Crippen molar-refractivity contribution < 1.29 is 9.21 Å². The van der Waals surface area contributed by atoms with Crippen LogP contribution in [0.25, 0.3) is 11.0 Å². The number of carbonyl (C=O) groups excluding carboxylic acids is 1. The molecule has 0 unspecified atom stereocenters. The molecule has 0 aliphatic heterocycles. The van der Waals surface area contributed by atoms with Gasteiger partial charge in [-0.3, -0.25) is 10.1 Å². The molecule has 0 radical (unpaired) electrons. The summed E-state index contributed by atoms with van der Waals surface area (Å²) in [5.74, 6) is 0.727. The second-order valence-electron chi connectivity index (χ2n) is 6.30. The average Bonchev–Trinajstić information content (AvgIpc) is 3.25. The molecule has 0 saturated heterocycles. The van der Waals surface area contributed by atoms with Crippen molar-refractivity contribution in [3.63, 3.8) is 0 Å². The van der Waals surface area contributed by atoms with E-state index >= 15 is 0 Å². The highest BCUT2D eigenvalue weighted by Crippen LogP contribution is 2.30.